The summed E-state index contributed by atoms with van der Waals surface area (Å²) < 4.78 is 0. The Morgan fingerprint density at radius 3 is 2.41 bits per heavy atom. The molecule has 88 valence electrons. The van der Waals surface area contributed by atoms with E-state index in [-0.39, 0.29) is 18.7 Å². The van der Waals surface area contributed by atoms with Gasteiger partial charge in [-0.2, -0.15) is 5.26 Å². The van der Waals surface area contributed by atoms with E-state index in [9.17, 15) is 9.59 Å². The monoisotopic (exact) mass is 232 g/mol. The van der Waals surface area contributed by atoms with Gasteiger partial charge in [-0.3, -0.25) is 9.59 Å². The third kappa shape index (κ3) is 4.80. The number of benzene rings is 1. The standard InChI is InChI=1S/C12H12N2O3/c13-8-7-9-1-3-10(4-2-9)14-11(15)5-6-12(16)17/h1-4H,5-7H2,(H,14,15)(H,16,17). The lowest BCUT2D eigenvalue weighted by Gasteiger charge is -2.04. The Bertz CT molecular complexity index is 446. The van der Waals surface area contributed by atoms with Gasteiger partial charge in [0, 0.05) is 12.1 Å². The van der Waals surface area contributed by atoms with Crippen LogP contribution in [0.25, 0.3) is 0 Å². The summed E-state index contributed by atoms with van der Waals surface area (Å²) in [6.45, 7) is 0. The number of carbonyl (C=O) groups excluding carboxylic acids is 1. The van der Waals surface area contributed by atoms with E-state index in [1.165, 1.54) is 0 Å². The lowest BCUT2D eigenvalue weighted by atomic mass is 10.1. The molecular weight excluding hydrogens is 220 g/mol. The summed E-state index contributed by atoms with van der Waals surface area (Å²) >= 11 is 0. The molecule has 0 spiro atoms. The minimum atomic E-state index is -0.996. The fourth-order valence-corrected chi connectivity index (χ4v) is 1.24. The van der Waals surface area contributed by atoms with E-state index in [0.717, 1.165) is 5.56 Å². The van der Waals surface area contributed by atoms with Crippen molar-refractivity contribution < 1.29 is 14.7 Å². The molecule has 17 heavy (non-hydrogen) atoms. The van der Waals surface area contributed by atoms with Gasteiger partial charge in [-0.25, -0.2) is 0 Å². The van der Waals surface area contributed by atoms with Gasteiger partial charge in [0.1, 0.15) is 0 Å². The van der Waals surface area contributed by atoms with Gasteiger partial charge in [-0.05, 0) is 17.7 Å². The summed E-state index contributed by atoms with van der Waals surface area (Å²) in [5.41, 5.74) is 1.47. The van der Waals surface area contributed by atoms with Crippen molar-refractivity contribution in [1.29, 1.82) is 5.26 Å². The van der Waals surface area contributed by atoms with Crippen LogP contribution in [0.5, 0.6) is 0 Å². The van der Waals surface area contributed by atoms with Gasteiger partial charge in [-0.15, -0.1) is 0 Å². The number of carboxylic acids is 1. The molecule has 0 unspecified atom stereocenters. The Morgan fingerprint density at radius 2 is 1.88 bits per heavy atom. The quantitative estimate of drug-likeness (QED) is 0.805. The topological polar surface area (TPSA) is 90.2 Å². The third-order valence-corrected chi connectivity index (χ3v) is 2.09. The van der Waals surface area contributed by atoms with E-state index in [4.69, 9.17) is 10.4 Å². The number of hydrogen-bond donors (Lipinski definition) is 2. The number of nitriles is 1. The molecule has 0 aliphatic carbocycles. The zero-order chi connectivity index (χ0) is 12.7. The summed E-state index contributed by atoms with van der Waals surface area (Å²) in [7, 11) is 0. The number of nitrogens with zero attached hydrogens (tertiary/aromatic N) is 1. The van der Waals surface area contributed by atoms with E-state index >= 15 is 0 Å². The molecule has 0 radical (unpaired) electrons. The van der Waals surface area contributed by atoms with Gasteiger partial charge in [0.05, 0.1) is 18.9 Å². The Kier molecular flexibility index (Phi) is 4.70. The zero-order valence-corrected chi connectivity index (χ0v) is 9.14. The smallest absolute Gasteiger partial charge is 0.303 e. The van der Waals surface area contributed by atoms with Crippen LogP contribution in [0.15, 0.2) is 24.3 Å². The normalized spacial score (nSPS) is 9.35. The molecule has 5 heteroatoms. The second-order valence-corrected chi connectivity index (χ2v) is 3.47. The molecule has 1 rings (SSSR count). The van der Waals surface area contributed by atoms with E-state index < -0.39 is 5.97 Å². The van der Waals surface area contributed by atoms with Crippen LogP contribution in [0.3, 0.4) is 0 Å². The first kappa shape index (κ1) is 12.7. The minimum absolute atomic E-state index is 0.0463. The van der Waals surface area contributed by atoms with Crippen LogP contribution in [0, 0.1) is 11.3 Å². The van der Waals surface area contributed by atoms with Crippen molar-refractivity contribution in [1.82, 2.24) is 0 Å². The van der Waals surface area contributed by atoms with E-state index in [1.807, 2.05) is 6.07 Å². The SMILES string of the molecule is N#CCc1ccc(NC(=O)CCC(=O)O)cc1. The lowest BCUT2D eigenvalue weighted by Crippen LogP contribution is -2.13. The summed E-state index contributed by atoms with van der Waals surface area (Å²) in [4.78, 5) is 21.6. The van der Waals surface area contributed by atoms with Crippen molar-refractivity contribution in [2.75, 3.05) is 5.32 Å². The van der Waals surface area contributed by atoms with Gasteiger partial charge in [0.25, 0.3) is 0 Å². The van der Waals surface area contributed by atoms with Crippen LogP contribution in [-0.2, 0) is 16.0 Å². The molecule has 2 N–H and O–H groups in total. The highest BCUT2D eigenvalue weighted by molar-refractivity contribution is 5.92. The molecule has 0 atom stereocenters. The van der Waals surface area contributed by atoms with Crippen LogP contribution >= 0.6 is 0 Å². The molecule has 5 nitrogen and oxygen atoms in total. The van der Waals surface area contributed by atoms with Gasteiger partial charge < -0.3 is 10.4 Å². The van der Waals surface area contributed by atoms with Crippen LogP contribution in [0.2, 0.25) is 0 Å². The summed E-state index contributed by atoms with van der Waals surface area (Å²) in [6, 6.07) is 8.89. The predicted octanol–water partition coefficient (Wildman–Crippen LogP) is 1.56. The molecule has 0 heterocycles. The second kappa shape index (κ2) is 6.28. The highest BCUT2D eigenvalue weighted by Gasteiger charge is 2.05. The van der Waals surface area contributed by atoms with Gasteiger partial charge in [0.2, 0.25) is 5.91 Å². The van der Waals surface area contributed by atoms with Crippen molar-refractivity contribution in [3.63, 3.8) is 0 Å². The van der Waals surface area contributed by atoms with Crippen LogP contribution in [-0.4, -0.2) is 17.0 Å². The number of amides is 1. The Morgan fingerprint density at radius 1 is 1.24 bits per heavy atom. The van der Waals surface area contributed by atoms with Crippen LogP contribution in [0.4, 0.5) is 5.69 Å². The highest BCUT2D eigenvalue weighted by atomic mass is 16.4. The lowest BCUT2D eigenvalue weighted by molar-refractivity contribution is -0.138. The molecule has 0 fully saturated rings. The maximum atomic E-state index is 11.3. The number of carbonyl (C=O) groups is 2. The fourth-order valence-electron chi connectivity index (χ4n) is 1.24. The number of hydrogen-bond acceptors (Lipinski definition) is 3. The fraction of sp³-hybridized carbons (Fsp3) is 0.250. The van der Waals surface area contributed by atoms with Crippen molar-refractivity contribution in [2.45, 2.75) is 19.3 Å². The number of aliphatic carboxylic acids is 1. The highest BCUT2D eigenvalue weighted by Crippen LogP contribution is 2.10. The number of rotatable bonds is 5. The Hall–Kier alpha value is -2.35. The predicted molar refractivity (Wildman–Crippen MR) is 61.3 cm³/mol. The molecule has 1 aromatic carbocycles. The first-order valence-electron chi connectivity index (χ1n) is 5.09. The van der Waals surface area contributed by atoms with Crippen molar-refractivity contribution >= 4 is 17.6 Å². The maximum Gasteiger partial charge on any atom is 0.303 e. The summed E-state index contributed by atoms with van der Waals surface area (Å²) in [6.07, 6.45) is 0.0981. The van der Waals surface area contributed by atoms with Gasteiger partial charge in [0.15, 0.2) is 0 Å². The average Bonchev–Trinajstić information content (AvgIpc) is 2.29. The summed E-state index contributed by atoms with van der Waals surface area (Å²) in [5, 5.41) is 19.5. The number of carboxylic acid groups (broad SMARTS) is 1. The molecule has 0 saturated heterocycles. The number of nitrogens with one attached hydrogen (secondary N) is 1. The molecular formula is C12H12N2O3. The Balaban J connectivity index is 2.49. The molecule has 0 aliphatic rings. The first-order valence-corrected chi connectivity index (χ1v) is 5.09. The van der Waals surface area contributed by atoms with E-state index in [2.05, 4.69) is 5.32 Å². The molecule has 1 amide bonds. The van der Waals surface area contributed by atoms with Gasteiger partial charge in [-0.1, -0.05) is 12.1 Å². The average molecular weight is 232 g/mol. The van der Waals surface area contributed by atoms with Gasteiger partial charge >= 0.3 is 5.97 Å². The molecule has 0 bridgehead atoms. The maximum absolute atomic E-state index is 11.3. The van der Waals surface area contributed by atoms with Crippen molar-refractivity contribution in [2.24, 2.45) is 0 Å². The van der Waals surface area contributed by atoms with Crippen LogP contribution < -0.4 is 5.32 Å². The minimum Gasteiger partial charge on any atom is -0.481 e. The molecule has 1 aromatic rings. The van der Waals surface area contributed by atoms with Crippen molar-refractivity contribution in [3.05, 3.63) is 29.8 Å². The Labute approximate surface area is 98.7 Å². The molecule has 0 aliphatic heterocycles. The number of anilines is 1. The second-order valence-electron chi connectivity index (χ2n) is 3.47. The molecule has 0 aromatic heterocycles. The third-order valence-electron chi connectivity index (χ3n) is 2.09. The zero-order valence-electron chi connectivity index (χ0n) is 9.14. The first-order chi connectivity index (χ1) is 8.11. The molecule has 0 saturated carbocycles. The van der Waals surface area contributed by atoms with Crippen molar-refractivity contribution in [3.8, 4) is 6.07 Å². The summed E-state index contributed by atoms with van der Waals surface area (Å²) in [5.74, 6) is -1.33. The van der Waals surface area contributed by atoms with E-state index in [1.54, 1.807) is 24.3 Å². The largest absolute Gasteiger partial charge is 0.481 e. The van der Waals surface area contributed by atoms with E-state index in [0.29, 0.717) is 12.1 Å². The van der Waals surface area contributed by atoms with Crippen LogP contribution in [0.1, 0.15) is 18.4 Å².